The summed E-state index contributed by atoms with van der Waals surface area (Å²) in [5, 5.41) is 6.36. The van der Waals surface area contributed by atoms with Crippen LogP contribution < -0.4 is 24.4 Å². The third-order valence-corrected chi connectivity index (χ3v) is 6.20. The Hall–Kier alpha value is -2.84. The summed E-state index contributed by atoms with van der Waals surface area (Å²) in [6, 6.07) is 8.44. The first-order valence-corrected chi connectivity index (χ1v) is 10.3. The van der Waals surface area contributed by atoms with E-state index in [1.165, 1.54) is 33.9 Å². The van der Waals surface area contributed by atoms with Gasteiger partial charge in [-0.15, -0.1) is 11.3 Å². The highest BCUT2D eigenvalue weighted by Crippen LogP contribution is 2.47. The quantitative estimate of drug-likeness (QED) is 0.688. The molecule has 3 heterocycles. The van der Waals surface area contributed by atoms with Gasteiger partial charge in [-0.3, -0.25) is 0 Å². The molecule has 29 heavy (non-hydrogen) atoms. The zero-order chi connectivity index (χ0) is 20.0. The van der Waals surface area contributed by atoms with E-state index in [1.54, 1.807) is 19.2 Å². The van der Waals surface area contributed by atoms with E-state index in [1.807, 2.05) is 5.38 Å². The minimum absolute atomic E-state index is 0.0320. The molecule has 0 fully saturated rings. The summed E-state index contributed by atoms with van der Waals surface area (Å²) in [7, 11) is 3.81. The lowest BCUT2D eigenvalue weighted by atomic mass is 9.95. The molecule has 150 valence electrons. The van der Waals surface area contributed by atoms with Gasteiger partial charge in [-0.25, -0.2) is 9.37 Å². The number of nitrogens with one attached hydrogen (secondary N) is 2. The maximum atomic E-state index is 13.2. The number of fused-ring (bicyclic) bond motifs is 2. The zero-order valence-electron chi connectivity index (χ0n) is 16.1. The second-order valence-electron chi connectivity index (χ2n) is 7.18. The minimum atomic E-state index is -0.253. The van der Waals surface area contributed by atoms with Crippen molar-refractivity contribution in [1.82, 2.24) is 4.98 Å². The van der Waals surface area contributed by atoms with E-state index >= 15 is 0 Å². The van der Waals surface area contributed by atoms with Crippen LogP contribution in [0.2, 0.25) is 0 Å². The van der Waals surface area contributed by atoms with Gasteiger partial charge in [-0.2, -0.15) is 0 Å². The first-order chi connectivity index (χ1) is 14.1. The second kappa shape index (κ2) is 7.20. The zero-order valence-corrected chi connectivity index (χ0v) is 16.9. The monoisotopic (exact) mass is 414 g/mol. The molecule has 0 bridgehead atoms. The van der Waals surface area contributed by atoms with Crippen LogP contribution in [-0.4, -0.2) is 32.5 Å². The molecule has 2 aromatic carbocycles. The van der Waals surface area contributed by atoms with E-state index in [0.29, 0.717) is 5.75 Å². The van der Waals surface area contributed by atoms with Gasteiger partial charge >= 0.3 is 0 Å². The van der Waals surface area contributed by atoms with E-state index in [0.717, 1.165) is 46.4 Å². The van der Waals surface area contributed by atoms with E-state index in [-0.39, 0.29) is 18.8 Å². The molecule has 0 saturated carbocycles. The molecule has 0 spiro atoms. The van der Waals surface area contributed by atoms with Crippen molar-refractivity contribution >= 4 is 16.5 Å². The fourth-order valence-electron chi connectivity index (χ4n) is 3.94. The number of quaternary nitrogens is 1. The Labute approximate surface area is 171 Å². The highest BCUT2D eigenvalue weighted by Gasteiger charge is 2.37. The number of anilines is 1. The molecule has 0 saturated heterocycles. The summed E-state index contributed by atoms with van der Waals surface area (Å²) < 4.78 is 30.2. The Balaban J connectivity index is 1.49. The lowest BCUT2D eigenvalue weighted by molar-refractivity contribution is -0.910. The summed E-state index contributed by atoms with van der Waals surface area (Å²) >= 11 is 1.53. The van der Waals surface area contributed by atoms with Gasteiger partial charge in [0.05, 0.1) is 32.0 Å². The maximum Gasteiger partial charge on any atom is 0.231 e. The smallest absolute Gasteiger partial charge is 0.231 e. The second-order valence-corrected chi connectivity index (χ2v) is 8.04. The van der Waals surface area contributed by atoms with Gasteiger partial charge in [0.15, 0.2) is 22.8 Å². The molecule has 5 rings (SSSR count). The summed E-state index contributed by atoms with van der Waals surface area (Å²) in [6.07, 6.45) is 0.904. The minimum Gasteiger partial charge on any atom is -0.492 e. The predicted molar refractivity (Wildman–Crippen MR) is 108 cm³/mol. The van der Waals surface area contributed by atoms with Gasteiger partial charge < -0.3 is 24.4 Å². The Morgan fingerprint density at radius 1 is 1.28 bits per heavy atom. The van der Waals surface area contributed by atoms with Crippen LogP contribution in [0.1, 0.15) is 17.3 Å². The first-order valence-electron chi connectivity index (χ1n) is 9.43. The van der Waals surface area contributed by atoms with Crippen LogP contribution in [-0.2, 0) is 6.42 Å². The number of thiazole rings is 1. The Kier molecular flexibility index (Phi) is 4.52. The first kappa shape index (κ1) is 18.2. The standard InChI is InChI=1S/C21H20FN3O3S/c1-25-8-7-13-9-16-18(28-11-27-16)19(26-2)17(13)20(25)24-21-23-15(10-29-21)12-3-5-14(22)6-4-12/h3-6,9-10,20H,7-8,11H2,1-2H3,(H,23,24)/p+1/t20-/m1/s1. The van der Waals surface area contributed by atoms with Crippen molar-refractivity contribution in [2.24, 2.45) is 0 Å². The fraction of sp³-hybridized carbons (Fsp3) is 0.286. The molecule has 2 aliphatic rings. The van der Waals surface area contributed by atoms with Crippen LogP contribution in [0.15, 0.2) is 35.7 Å². The van der Waals surface area contributed by atoms with Crippen molar-refractivity contribution in [2.75, 3.05) is 32.8 Å². The van der Waals surface area contributed by atoms with Crippen molar-refractivity contribution in [3.63, 3.8) is 0 Å². The van der Waals surface area contributed by atoms with Crippen molar-refractivity contribution in [2.45, 2.75) is 12.6 Å². The van der Waals surface area contributed by atoms with Crippen LogP contribution in [0.4, 0.5) is 9.52 Å². The maximum absolute atomic E-state index is 13.2. The van der Waals surface area contributed by atoms with E-state index in [4.69, 9.17) is 19.2 Å². The molecule has 0 radical (unpaired) electrons. The SMILES string of the molecule is COc1c2c(cc3c1[C@H](Nc1nc(-c4ccc(F)cc4)cs1)[NH+](C)CC3)OCO2. The number of aromatic nitrogens is 1. The van der Waals surface area contributed by atoms with Crippen LogP contribution in [0.5, 0.6) is 17.2 Å². The average Bonchev–Trinajstić information content (AvgIpc) is 3.38. The van der Waals surface area contributed by atoms with Gasteiger partial charge in [-0.1, -0.05) is 0 Å². The molecule has 0 amide bonds. The van der Waals surface area contributed by atoms with Crippen LogP contribution in [0, 0.1) is 5.82 Å². The summed E-state index contributed by atoms with van der Waals surface area (Å²) in [6.45, 7) is 1.19. The van der Waals surface area contributed by atoms with Crippen molar-refractivity contribution < 1.29 is 23.5 Å². The number of nitrogens with zero attached hydrogens (tertiary/aromatic N) is 1. The summed E-state index contributed by atoms with van der Waals surface area (Å²) in [5.74, 6) is 1.88. The lowest BCUT2D eigenvalue weighted by Gasteiger charge is -2.33. The van der Waals surface area contributed by atoms with Gasteiger partial charge in [0.2, 0.25) is 12.5 Å². The molecule has 2 aliphatic heterocycles. The van der Waals surface area contributed by atoms with Gasteiger partial charge in [0.25, 0.3) is 0 Å². The molecule has 1 aromatic heterocycles. The van der Waals surface area contributed by atoms with Crippen molar-refractivity contribution in [1.29, 1.82) is 0 Å². The molecule has 6 nitrogen and oxygen atoms in total. The number of hydrogen-bond donors (Lipinski definition) is 2. The van der Waals surface area contributed by atoms with E-state index in [2.05, 4.69) is 18.4 Å². The Morgan fingerprint density at radius 2 is 2.10 bits per heavy atom. The van der Waals surface area contributed by atoms with Crippen LogP contribution in [0.25, 0.3) is 11.3 Å². The highest BCUT2D eigenvalue weighted by atomic mass is 32.1. The van der Waals surface area contributed by atoms with Gasteiger partial charge in [0, 0.05) is 17.4 Å². The number of benzene rings is 2. The van der Waals surface area contributed by atoms with E-state index in [9.17, 15) is 4.39 Å². The molecule has 2 N–H and O–H groups in total. The fourth-order valence-corrected chi connectivity index (χ4v) is 4.69. The number of methoxy groups -OCH3 is 1. The normalized spacial score (nSPS) is 19.7. The third-order valence-electron chi connectivity index (χ3n) is 5.43. The van der Waals surface area contributed by atoms with Gasteiger partial charge in [0.1, 0.15) is 5.82 Å². The molecular formula is C21H21FN3O3S+. The number of halogens is 1. The molecule has 0 aliphatic carbocycles. The third kappa shape index (κ3) is 3.18. The number of ether oxygens (including phenoxy) is 3. The number of likely N-dealkylation sites (N-methyl/N-ethyl adjacent to an activating group) is 1. The molecule has 3 aromatic rings. The lowest BCUT2D eigenvalue weighted by Crippen LogP contribution is -3.11. The molecule has 1 unspecified atom stereocenters. The van der Waals surface area contributed by atoms with Crippen molar-refractivity contribution in [3.8, 4) is 28.5 Å². The predicted octanol–water partition coefficient (Wildman–Crippen LogP) is 2.87. The van der Waals surface area contributed by atoms with Crippen LogP contribution in [0.3, 0.4) is 0 Å². The summed E-state index contributed by atoms with van der Waals surface area (Å²) in [4.78, 5) is 6.03. The Morgan fingerprint density at radius 3 is 2.90 bits per heavy atom. The molecular weight excluding hydrogens is 393 g/mol. The Bertz CT molecular complexity index is 1050. The largest absolute Gasteiger partial charge is 0.492 e. The topological polar surface area (TPSA) is 57.0 Å². The van der Waals surface area contributed by atoms with Crippen LogP contribution >= 0.6 is 11.3 Å². The molecule has 8 heteroatoms. The van der Waals surface area contributed by atoms with Crippen molar-refractivity contribution in [3.05, 3.63) is 52.7 Å². The van der Waals surface area contributed by atoms with Gasteiger partial charge in [-0.05, 0) is 35.9 Å². The number of rotatable bonds is 4. The summed E-state index contributed by atoms with van der Waals surface area (Å²) in [5.41, 5.74) is 3.99. The highest BCUT2D eigenvalue weighted by molar-refractivity contribution is 7.14. The average molecular weight is 414 g/mol. The number of hydrogen-bond acceptors (Lipinski definition) is 6. The molecule has 2 atom stereocenters. The van der Waals surface area contributed by atoms with E-state index < -0.39 is 0 Å².